The van der Waals surface area contributed by atoms with Crippen molar-refractivity contribution in [3.8, 4) is 5.75 Å². The molecule has 0 saturated carbocycles. The van der Waals surface area contributed by atoms with E-state index >= 15 is 0 Å². The highest BCUT2D eigenvalue weighted by Gasteiger charge is 2.31. The molecule has 19 heavy (non-hydrogen) atoms. The predicted molar refractivity (Wildman–Crippen MR) is 68.3 cm³/mol. The van der Waals surface area contributed by atoms with Gasteiger partial charge in [0.15, 0.2) is 0 Å². The van der Waals surface area contributed by atoms with Gasteiger partial charge in [-0.15, -0.1) is 11.3 Å². The van der Waals surface area contributed by atoms with E-state index in [2.05, 4.69) is 0 Å². The summed E-state index contributed by atoms with van der Waals surface area (Å²) < 4.78 is 43.1. The van der Waals surface area contributed by atoms with Gasteiger partial charge in [0.2, 0.25) is 0 Å². The topological polar surface area (TPSA) is 35.2 Å². The second-order valence-electron chi connectivity index (χ2n) is 3.95. The molecule has 0 radical (unpaired) electrons. The monoisotopic (exact) mass is 287 g/mol. The molecule has 1 unspecified atom stereocenters. The summed E-state index contributed by atoms with van der Waals surface area (Å²) in [6.45, 7) is 0. The van der Waals surface area contributed by atoms with Gasteiger partial charge in [0, 0.05) is 0 Å². The first-order valence-corrected chi connectivity index (χ1v) is 6.35. The predicted octanol–water partition coefficient (Wildman–Crippen LogP) is 3.82. The van der Waals surface area contributed by atoms with E-state index in [1.807, 2.05) is 0 Å². The van der Waals surface area contributed by atoms with Gasteiger partial charge >= 0.3 is 6.18 Å². The van der Waals surface area contributed by atoms with E-state index in [1.54, 1.807) is 17.5 Å². The Bertz CT molecular complexity index is 565. The van der Waals surface area contributed by atoms with Gasteiger partial charge in [0.25, 0.3) is 0 Å². The van der Waals surface area contributed by atoms with Crippen LogP contribution in [0.1, 0.15) is 22.0 Å². The zero-order chi connectivity index (χ0) is 14.0. The molecule has 0 aliphatic heterocycles. The molecule has 0 aliphatic rings. The smallest absolute Gasteiger partial charge is 0.416 e. The summed E-state index contributed by atoms with van der Waals surface area (Å²) in [6.07, 6.45) is -4.37. The minimum atomic E-state index is -4.37. The third-order valence-electron chi connectivity index (χ3n) is 2.73. The van der Waals surface area contributed by atoms with Crippen LogP contribution in [0.5, 0.6) is 5.75 Å². The number of hydrogen-bond donors (Lipinski definition) is 1. The van der Waals surface area contributed by atoms with Crippen molar-refractivity contribution < 1.29 is 17.9 Å². The van der Waals surface area contributed by atoms with Gasteiger partial charge in [-0.25, -0.2) is 0 Å². The molecule has 1 aromatic carbocycles. The van der Waals surface area contributed by atoms with Gasteiger partial charge in [-0.3, -0.25) is 0 Å². The number of thiophene rings is 1. The minimum absolute atomic E-state index is 0.413. The lowest BCUT2D eigenvalue weighted by Crippen LogP contribution is -2.13. The van der Waals surface area contributed by atoms with E-state index < -0.39 is 17.8 Å². The lowest BCUT2D eigenvalue weighted by molar-refractivity contribution is -0.137. The fourth-order valence-electron chi connectivity index (χ4n) is 1.76. The lowest BCUT2D eigenvalue weighted by Gasteiger charge is -2.14. The van der Waals surface area contributed by atoms with Crippen LogP contribution in [-0.4, -0.2) is 7.11 Å². The maximum Gasteiger partial charge on any atom is 0.416 e. The van der Waals surface area contributed by atoms with Crippen molar-refractivity contribution in [3.05, 3.63) is 51.7 Å². The van der Waals surface area contributed by atoms with Crippen LogP contribution in [0.25, 0.3) is 0 Å². The van der Waals surface area contributed by atoms with E-state index in [0.29, 0.717) is 16.2 Å². The van der Waals surface area contributed by atoms with Crippen molar-refractivity contribution >= 4 is 11.3 Å². The Morgan fingerprint density at radius 3 is 2.63 bits per heavy atom. The Morgan fingerprint density at radius 2 is 2.00 bits per heavy atom. The second kappa shape index (κ2) is 5.22. The summed E-state index contributed by atoms with van der Waals surface area (Å²) in [7, 11) is 1.50. The quantitative estimate of drug-likeness (QED) is 0.931. The first kappa shape index (κ1) is 13.9. The van der Waals surface area contributed by atoms with Gasteiger partial charge < -0.3 is 10.5 Å². The van der Waals surface area contributed by atoms with E-state index in [-0.39, 0.29) is 0 Å². The number of benzene rings is 1. The number of alkyl halides is 3. The number of methoxy groups -OCH3 is 1. The molecular formula is C13H12F3NOS. The average molecular weight is 287 g/mol. The number of ether oxygens (including phenoxy) is 1. The number of rotatable bonds is 3. The zero-order valence-electron chi connectivity index (χ0n) is 10.1. The Kier molecular flexibility index (Phi) is 3.82. The molecule has 2 rings (SSSR count). The molecule has 2 aromatic rings. The van der Waals surface area contributed by atoms with Gasteiger partial charge in [-0.05, 0) is 29.1 Å². The molecule has 1 heterocycles. The van der Waals surface area contributed by atoms with E-state index in [4.69, 9.17) is 10.5 Å². The zero-order valence-corrected chi connectivity index (χ0v) is 10.9. The molecule has 1 atom stereocenters. The highest BCUT2D eigenvalue weighted by atomic mass is 32.1. The van der Waals surface area contributed by atoms with E-state index in [0.717, 1.165) is 12.1 Å². The fraction of sp³-hybridized carbons (Fsp3) is 0.231. The molecule has 0 spiro atoms. The Balaban J connectivity index is 2.37. The van der Waals surface area contributed by atoms with Crippen LogP contribution in [0.15, 0.2) is 35.7 Å². The highest BCUT2D eigenvalue weighted by molar-refractivity contribution is 7.10. The van der Waals surface area contributed by atoms with Crippen molar-refractivity contribution in [3.63, 3.8) is 0 Å². The molecule has 6 heteroatoms. The molecule has 2 nitrogen and oxygen atoms in total. The molecule has 0 bridgehead atoms. The van der Waals surface area contributed by atoms with Gasteiger partial charge in [0.05, 0.1) is 23.6 Å². The van der Waals surface area contributed by atoms with Crippen LogP contribution < -0.4 is 10.5 Å². The van der Waals surface area contributed by atoms with Crippen LogP contribution >= 0.6 is 11.3 Å². The Morgan fingerprint density at radius 1 is 1.26 bits per heavy atom. The summed E-state index contributed by atoms with van der Waals surface area (Å²) in [5.74, 6) is 0.593. The molecule has 0 fully saturated rings. The minimum Gasteiger partial charge on any atom is -0.496 e. The van der Waals surface area contributed by atoms with Crippen molar-refractivity contribution in [2.45, 2.75) is 12.2 Å². The van der Waals surface area contributed by atoms with Crippen LogP contribution in [0, 0.1) is 0 Å². The molecule has 0 saturated heterocycles. The Labute approximate surface area is 112 Å². The SMILES string of the molecule is COc1ccsc1C(N)c1cccc(C(F)(F)F)c1. The normalized spacial score (nSPS) is 13.3. The summed E-state index contributed by atoms with van der Waals surface area (Å²) in [5.41, 5.74) is 5.73. The van der Waals surface area contributed by atoms with Crippen LogP contribution in [0.3, 0.4) is 0 Å². The van der Waals surface area contributed by atoms with Crippen LogP contribution in [0.2, 0.25) is 0 Å². The maximum absolute atomic E-state index is 12.7. The van der Waals surface area contributed by atoms with E-state index in [9.17, 15) is 13.2 Å². The number of nitrogens with two attached hydrogens (primary N) is 1. The molecule has 2 N–H and O–H groups in total. The second-order valence-corrected chi connectivity index (χ2v) is 4.90. The highest BCUT2D eigenvalue weighted by Crippen LogP contribution is 2.35. The van der Waals surface area contributed by atoms with Crippen molar-refractivity contribution in [2.24, 2.45) is 5.73 Å². The lowest BCUT2D eigenvalue weighted by atomic mass is 10.0. The molecule has 0 amide bonds. The maximum atomic E-state index is 12.7. The van der Waals surface area contributed by atoms with Crippen molar-refractivity contribution in [1.82, 2.24) is 0 Å². The number of hydrogen-bond acceptors (Lipinski definition) is 3. The molecule has 0 aliphatic carbocycles. The van der Waals surface area contributed by atoms with Crippen molar-refractivity contribution in [1.29, 1.82) is 0 Å². The van der Waals surface area contributed by atoms with Gasteiger partial charge in [-0.1, -0.05) is 12.1 Å². The van der Waals surface area contributed by atoms with Gasteiger partial charge in [0.1, 0.15) is 5.75 Å². The summed E-state index contributed by atoms with van der Waals surface area (Å²) in [5, 5.41) is 1.79. The molecular weight excluding hydrogens is 275 g/mol. The van der Waals surface area contributed by atoms with E-state index in [1.165, 1.54) is 24.5 Å². The molecule has 102 valence electrons. The largest absolute Gasteiger partial charge is 0.496 e. The first-order chi connectivity index (χ1) is 8.93. The van der Waals surface area contributed by atoms with Crippen molar-refractivity contribution in [2.75, 3.05) is 7.11 Å². The summed E-state index contributed by atoms with van der Waals surface area (Å²) in [4.78, 5) is 0.710. The summed E-state index contributed by atoms with van der Waals surface area (Å²) >= 11 is 1.36. The number of halogens is 3. The fourth-order valence-corrected chi connectivity index (χ4v) is 2.65. The first-order valence-electron chi connectivity index (χ1n) is 5.47. The third kappa shape index (κ3) is 2.90. The third-order valence-corrected chi connectivity index (χ3v) is 3.71. The average Bonchev–Trinajstić information content (AvgIpc) is 2.85. The van der Waals surface area contributed by atoms with Crippen LogP contribution in [-0.2, 0) is 6.18 Å². The standard InChI is InChI=1S/C13H12F3NOS/c1-18-10-5-6-19-12(10)11(17)8-3-2-4-9(7-8)13(14,15)16/h2-7,11H,17H2,1H3. The molecule has 1 aromatic heterocycles. The van der Waals surface area contributed by atoms with Gasteiger partial charge in [-0.2, -0.15) is 13.2 Å². The summed E-state index contributed by atoms with van der Waals surface area (Å²) in [6, 6.07) is 6.16. The Hall–Kier alpha value is -1.53. The van der Waals surface area contributed by atoms with Crippen LogP contribution in [0.4, 0.5) is 13.2 Å².